The van der Waals surface area contributed by atoms with Crippen molar-refractivity contribution in [3.05, 3.63) is 103 Å². The highest BCUT2D eigenvalue weighted by molar-refractivity contribution is 5.95. The summed E-state index contributed by atoms with van der Waals surface area (Å²) in [6.07, 6.45) is 9.40. The lowest BCUT2D eigenvalue weighted by atomic mass is 10.1. The molecule has 0 atom stereocenters. The minimum Gasteiger partial charge on any atom is -0.467 e. The van der Waals surface area contributed by atoms with Gasteiger partial charge in [0.05, 0.1) is 53.0 Å². The number of ether oxygens (including phenoxy) is 1. The largest absolute Gasteiger partial charge is 0.467 e. The van der Waals surface area contributed by atoms with E-state index in [0.29, 0.717) is 17.8 Å². The molecule has 1 fully saturated rings. The van der Waals surface area contributed by atoms with Gasteiger partial charge in [0.15, 0.2) is 22.9 Å². The van der Waals surface area contributed by atoms with Crippen LogP contribution in [0.1, 0.15) is 50.9 Å². The van der Waals surface area contributed by atoms with Gasteiger partial charge in [-0.3, -0.25) is 13.6 Å². The number of hydrogen-bond donors (Lipinski definition) is 2. The fourth-order valence-corrected chi connectivity index (χ4v) is 7.05. The molecule has 1 aliphatic rings. The minimum absolute atomic E-state index is 0.122. The fraction of sp³-hybridized carbons (Fsp3) is 0.295. The van der Waals surface area contributed by atoms with Crippen molar-refractivity contribution in [2.24, 2.45) is 11.8 Å². The van der Waals surface area contributed by atoms with Gasteiger partial charge in [0.25, 0.3) is 5.91 Å². The van der Waals surface area contributed by atoms with Crippen molar-refractivity contribution in [3.8, 4) is 28.5 Å². The molecule has 6 heterocycles. The Hall–Kier alpha value is -6.63. The van der Waals surface area contributed by atoms with Crippen LogP contribution in [0.3, 0.4) is 0 Å². The van der Waals surface area contributed by atoms with Crippen molar-refractivity contribution in [2.45, 2.75) is 40.5 Å². The summed E-state index contributed by atoms with van der Waals surface area (Å²) in [5, 5.41) is 6.87. The number of anilines is 2. The topological polar surface area (TPSA) is 140 Å². The Bertz CT molecular complexity index is 2660. The van der Waals surface area contributed by atoms with E-state index in [-0.39, 0.29) is 5.91 Å². The third-order valence-corrected chi connectivity index (χ3v) is 9.94. The molecule has 9 rings (SSSR count). The second kappa shape index (κ2) is 16.2. The number of carbonyl (C=O) groups excluding carboxylic acids is 1. The standard InChI is InChI=1S/C25H27N5O.C19H20N6O/c1-17(2)15-26-23-24-27-16-22(30(24)21-8-4-3-7-20(21)28-23)18-9-11-19(12-10-18)25(31)29-13-5-6-14-29;1-12(2)8-20-17-18-21-11-16(13-9-22-19(26-3)23-10-13)25(18)15-7-5-4-6-14(15)24-17/h3-4,7-12,16-17H,5-6,13-15H2,1-2H3,(H,26,28);4-7,9-12H,8H2,1-3H3,(H,20,24). The molecule has 0 aliphatic carbocycles. The number of aromatic nitrogens is 8. The van der Waals surface area contributed by atoms with E-state index in [1.165, 1.54) is 0 Å². The first kappa shape index (κ1) is 37.3. The molecule has 8 aromatic rings. The Morgan fingerprint density at radius 1 is 0.649 bits per heavy atom. The molecule has 290 valence electrons. The number of imidazole rings is 2. The van der Waals surface area contributed by atoms with Crippen LogP contribution in [0.2, 0.25) is 0 Å². The number of fused-ring (bicyclic) bond motifs is 6. The van der Waals surface area contributed by atoms with Gasteiger partial charge in [0.2, 0.25) is 0 Å². The smallest absolute Gasteiger partial charge is 0.316 e. The zero-order chi connectivity index (χ0) is 39.5. The number of hydrogen-bond acceptors (Lipinski definition) is 10. The normalized spacial score (nSPS) is 12.9. The van der Waals surface area contributed by atoms with Gasteiger partial charge < -0.3 is 20.3 Å². The van der Waals surface area contributed by atoms with Gasteiger partial charge in [0, 0.05) is 55.3 Å². The van der Waals surface area contributed by atoms with Crippen LogP contribution in [0.5, 0.6) is 6.01 Å². The summed E-state index contributed by atoms with van der Waals surface area (Å²) in [6, 6.07) is 24.4. The average Bonchev–Trinajstić information content (AvgIpc) is 4.04. The van der Waals surface area contributed by atoms with Crippen molar-refractivity contribution in [1.82, 2.24) is 43.6 Å². The lowest BCUT2D eigenvalue weighted by Gasteiger charge is -2.15. The predicted octanol–water partition coefficient (Wildman–Crippen LogP) is 8.27. The first-order valence-electron chi connectivity index (χ1n) is 19.5. The van der Waals surface area contributed by atoms with Crippen LogP contribution in [-0.4, -0.2) is 82.8 Å². The van der Waals surface area contributed by atoms with E-state index in [2.05, 4.69) is 68.1 Å². The molecule has 3 aromatic carbocycles. The van der Waals surface area contributed by atoms with Crippen LogP contribution in [-0.2, 0) is 0 Å². The van der Waals surface area contributed by atoms with Crippen LogP contribution >= 0.6 is 0 Å². The van der Waals surface area contributed by atoms with Crippen molar-refractivity contribution in [3.63, 3.8) is 0 Å². The number of carbonyl (C=O) groups is 1. The minimum atomic E-state index is 0.122. The second-order valence-corrected chi connectivity index (χ2v) is 15.1. The van der Waals surface area contributed by atoms with E-state index in [0.717, 1.165) is 112 Å². The molecule has 57 heavy (non-hydrogen) atoms. The highest BCUT2D eigenvalue weighted by atomic mass is 16.5. The Balaban J connectivity index is 0.000000162. The Kier molecular flexibility index (Phi) is 10.6. The maximum atomic E-state index is 12.7. The van der Waals surface area contributed by atoms with Crippen molar-refractivity contribution >= 4 is 50.9 Å². The van der Waals surface area contributed by atoms with Gasteiger partial charge in [0.1, 0.15) is 0 Å². The summed E-state index contributed by atoms with van der Waals surface area (Å²) >= 11 is 0. The third kappa shape index (κ3) is 7.65. The Morgan fingerprint density at radius 2 is 1.14 bits per heavy atom. The number of amides is 1. The lowest BCUT2D eigenvalue weighted by Crippen LogP contribution is -2.27. The van der Waals surface area contributed by atoms with Crippen LogP contribution in [0, 0.1) is 11.8 Å². The van der Waals surface area contributed by atoms with Crippen molar-refractivity contribution in [1.29, 1.82) is 0 Å². The quantitative estimate of drug-likeness (QED) is 0.140. The van der Waals surface area contributed by atoms with Gasteiger partial charge in [-0.15, -0.1) is 0 Å². The third-order valence-electron chi connectivity index (χ3n) is 9.94. The Labute approximate surface area is 331 Å². The zero-order valence-corrected chi connectivity index (χ0v) is 33.0. The summed E-state index contributed by atoms with van der Waals surface area (Å²) in [5.74, 6) is 2.70. The molecule has 0 bridgehead atoms. The van der Waals surface area contributed by atoms with E-state index >= 15 is 0 Å². The van der Waals surface area contributed by atoms with Gasteiger partial charge in [-0.05, 0) is 61.1 Å². The number of likely N-dealkylation sites (tertiary alicyclic amines) is 1. The molecule has 0 saturated carbocycles. The maximum absolute atomic E-state index is 12.7. The number of methoxy groups -OCH3 is 1. The van der Waals surface area contributed by atoms with E-state index in [1.807, 2.05) is 84.0 Å². The highest BCUT2D eigenvalue weighted by Gasteiger charge is 2.21. The lowest BCUT2D eigenvalue weighted by molar-refractivity contribution is 0.0793. The highest BCUT2D eigenvalue weighted by Crippen LogP contribution is 2.30. The molecule has 1 amide bonds. The van der Waals surface area contributed by atoms with E-state index in [1.54, 1.807) is 19.5 Å². The molecular formula is C44H47N11O2. The summed E-state index contributed by atoms with van der Waals surface area (Å²) in [6.45, 7) is 12.1. The molecule has 0 unspecified atom stereocenters. The van der Waals surface area contributed by atoms with E-state index in [9.17, 15) is 4.79 Å². The van der Waals surface area contributed by atoms with Gasteiger partial charge in [-0.25, -0.2) is 29.9 Å². The van der Waals surface area contributed by atoms with Gasteiger partial charge in [-0.2, -0.15) is 0 Å². The first-order valence-corrected chi connectivity index (χ1v) is 19.5. The maximum Gasteiger partial charge on any atom is 0.316 e. The fourth-order valence-electron chi connectivity index (χ4n) is 7.05. The number of para-hydroxylation sites is 4. The summed E-state index contributed by atoms with van der Waals surface area (Å²) < 4.78 is 9.30. The molecule has 1 saturated heterocycles. The molecule has 0 spiro atoms. The predicted molar refractivity (Wildman–Crippen MR) is 226 cm³/mol. The average molecular weight is 762 g/mol. The van der Waals surface area contributed by atoms with Crippen molar-refractivity contribution < 1.29 is 9.53 Å². The number of nitrogens with zero attached hydrogens (tertiary/aromatic N) is 9. The van der Waals surface area contributed by atoms with E-state index in [4.69, 9.17) is 19.7 Å². The van der Waals surface area contributed by atoms with Gasteiger partial charge >= 0.3 is 6.01 Å². The number of rotatable bonds is 10. The molecule has 0 radical (unpaired) electrons. The summed E-state index contributed by atoms with van der Waals surface area (Å²) in [7, 11) is 1.55. The Morgan fingerprint density at radius 3 is 1.63 bits per heavy atom. The SMILES string of the molecule is CC(C)CNc1nc2ccccc2n2c(-c3ccc(C(=O)N4CCCC4)cc3)cnc12.COc1ncc(-c2cnc3c(NCC(C)C)nc4ccccc4n23)cn1. The van der Waals surface area contributed by atoms with Crippen LogP contribution in [0.25, 0.3) is 55.9 Å². The molecule has 5 aromatic heterocycles. The molecule has 1 aliphatic heterocycles. The monoisotopic (exact) mass is 761 g/mol. The summed E-state index contributed by atoms with van der Waals surface area (Å²) in [5.41, 5.74) is 9.95. The second-order valence-electron chi connectivity index (χ2n) is 15.1. The molecule has 2 N–H and O–H groups in total. The van der Waals surface area contributed by atoms with Crippen LogP contribution in [0.15, 0.2) is 97.6 Å². The zero-order valence-electron chi connectivity index (χ0n) is 33.0. The molecular weight excluding hydrogens is 715 g/mol. The van der Waals surface area contributed by atoms with E-state index < -0.39 is 0 Å². The first-order chi connectivity index (χ1) is 27.8. The van der Waals surface area contributed by atoms with Gasteiger partial charge in [-0.1, -0.05) is 64.1 Å². The van der Waals surface area contributed by atoms with Crippen LogP contribution in [0.4, 0.5) is 11.6 Å². The van der Waals surface area contributed by atoms with Crippen molar-refractivity contribution in [2.75, 3.05) is 43.9 Å². The molecule has 13 heteroatoms. The number of nitrogens with one attached hydrogen (secondary N) is 2. The van der Waals surface area contributed by atoms with Crippen LogP contribution < -0.4 is 15.4 Å². The number of benzene rings is 3. The molecule has 13 nitrogen and oxygen atoms in total. The summed E-state index contributed by atoms with van der Waals surface area (Å²) in [4.78, 5) is 42.0.